The number of hydrogen-bond acceptors (Lipinski definition) is 4. The molecule has 0 amide bonds. The average Bonchev–Trinajstić information content (AvgIpc) is 2.74. The first-order valence-electron chi connectivity index (χ1n) is 6.98. The molecule has 2 rings (SSSR count). The molecule has 6 heteroatoms. The van der Waals surface area contributed by atoms with Gasteiger partial charge in [-0.2, -0.15) is 0 Å². The van der Waals surface area contributed by atoms with Crippen molar-refractivity contribution in [1.82, 2.24) is 15.3 Å². The number of halogens is 2. The molecule has 114 valence electrons. The molecule has 0 aliphatic heterocycles. The number of aromatic nitrogens is 2. The lowest BCUT2D eigenvalue weighted by Crippen LogP contribution is -2.25. The smallest absolute Gasteiger partial charge is 0.0950 e. The lowest BCUT2D eigenvalue weighted by molar-refractivity contribution is 0.514. The van der Waals surface area contributed by atoms with Gasteiger partial charge in [0.2, 0.25) is 0 Å². The van der Waals surface area contributed by atoms with Crippen LogP contribution in [-0.4, -0.2) is 16.5 Å². The minimum absolute atomic E-state index is 0.178. The van der Waals surface area contributed by atoms with Gasteiger partial charge in [-0.1, -0.05) is 6.92 Å². The van der Waals surface area contributed by atoms with Crippen LogP contribution in [-0.2, 0) is 6.42 Å². The van der Waals surface area contributed by atoms with Gasteiger partial charge >= 0.3 is 0 Å². The molecule has 2 aromatic rings. The fourth-order valence-corrected chi connectivity index (χ4v) is 4.31. The maximum atomic E-state index is 4.66. The van der Waals surface area contributed by atoms with Gasteiger partial charge in [0.15, 0.2) is 0 Å². The Morgan fingerprint density at radius 3 is 2.67 bits per heavy atom. The van der Waals surface area contributed by atoms with Crippen LogP contribution in [0.25, 0.3) is 0 Å². The zero-order chi connectivity index (χ0) is 15.4. The van der Waals surface area contributed by atoms with E-state index in [0.29, 0.717) is 0 Å². The van der Waals surface area contributed by atoms with E-state index in [9.17, 15) is 0 Å². The van der Waals surface area contributed by atoms with Crippen molar-refractivity contribution in [3.05, 3.63) is 42.5 Å². The number of hydrogen-bond donors (Lipinski definition) is 1. The summed E-state index contributed by atoms with van der Waals surface area (Å²) >= 11 is 8.85. The number of aryl methyl sites for hydroxylation is 2. The molecule has 2 heterocycles. The molecule has 1 atom stereocenters. The Morgan fingerprint density at radius 2 is 2.10 bits per heavy atom. The van der Waals surface area contributed by atoms with E-state index >= 15 is 0 Å². The second kappa shape index (κ2) is 7.81. The van der Waals surface area contributed by atoms with Crippen LogP contribution in [0.5, 0.6) is 0 Å². The standard InChI is InChI=1S/C15H19Br2N3S/c1-4-5-18-13(7-14-20-9(2)10(3)21-14)15-12(17)6-11(16)8-19-15/h6,8,13,18H,4-5,7H2,1-3H3. The predicted octanol–water partition coefficient (Wildman–Crippen LogP) is 4.96. The third kappa shape index (κ3) is 4.58. The van der Waals surface area contributed by atoms with Crippen molar-refractivity contribution < 1.29 is 0 Å². The van der Waals surface area contributed by atoms with Gasteiger partial charge in [-0.05, 0) is 64.7 Å². The van der Waals surface area contributed by atoms with Gasteiger partial charge in [0.05, 0.1) is 22.4 Å². The van der Waals surface area contributed by atoms with Crippen LogP contribution in [0.15, 0.2) is 21.2 Å². The summed E-state index contributed by atoms with van der Waals surface area (Å²) in [6.45, 7) is 7.33. The van der Waals surface area contributed by atoms with Crippen molar-refractivity contribution in [2.24, 2.45) is 0 Å². The van der Waals surface area contributed by atoms with E-state index in [-0.39, 0.29) is 6.04 Å². The first-order valence-corrected chi connectivity index (χ1v) is 9.38. The highest BCUT2D eigenvalue weighted by Gasteiger charge is 2.18. The molecule has 1 N–H and O–H groups in total. The number of rotatable bonds is 6. The largest absolute Gasteiger partial charge is 0.308 e. The van der Waals surface area contributed by atoms with Crippen LogP contribution in [0.2, 0.25) is 0 Å². The van der Waals surface area contributed by atoms with E-state index in [1.54, 1.807) is 11.3 Å². The first kappa shape index (κ1) is 17.1. The maximum Gasteiger partial charge on any atom is 0.0950 e. The lowest BCUT2D eigenvalue weighted by atomic mass is 10.1. The zero-order valence-corrected chi connectivity index (χ0v) is 16.4. The molecule has 0 saturated heterocycles. The van der Waals surface area contributed by atoms with Gasteiger partial charge in [0.1, 0.15) is 0 Å². The van der Waals surface area contributed by atoms with E-state index < -0.39 is 0 Å². The van der Waals surface area contributed by atoms with E-state index in [2.05, 4.69) is 67.9 Å². The summed E-state index contributed by atoms with van der Waals surface area (Å²) in [5.74, 6) is 0. The number of pyridine rings is 1. The molecule has 0 aliphatic carbocycles. The summed E-state index contributed by atoms with van der Waals surface area (Å²) < 4.78 is 2.00. The summed E-state index contributed by atoms with van der Waals surface area (Å²) in [6.07, 6.45) is 3.81. The molecule has 0 aromatic carbocycles. The molecule has 21 heavy (non-hydrogen) atoms. The molecule has 0 spiro atoms. The Bertz CT molecular complexity index is 593. The highest BCUT2D eigenvalue weighted by atomic mass is 79.9. The van der Waals surface area contributed by atoms with Crippen LogP contribution in [0.1, 0.15) is 40.7 Å². The van der Waals surface area contributed by atoms with Crippen molar-refractivity contribution in [2.75, 3.05) is 6.54 Å². The Balaban J connectivity index is 2.24. The monoisotopic (exact) mass is 431 g/mol. The van der Waals surface area contributed by atoms with E-state index in [0.717, 1.165) is 44.7 Å². The molecular formula is C15H19Br2N3S. The van der Waals surface area contributed by atoms with Gasteiger partial charge in [-0.15, -0.1) is 11.3 Å². The Hall–Kier alpha value is -0.300. The number of nitrogens with zero attached hydrogens (tertiary/aromatic N) is 2. The van der Waals surface area contributed by atoms with Gasteiger partial charge in [0, 0.05) is 26.4 Å². The van der Waals surface area contributed by atoms with E-state index in [1.165, 1.54) is 4.88 Å². The van der Waals surface area contributed by atoms with Crippen molar-refractivity contribution in [2.45, 2.75) is 39.7 Å². The summed E-state index contributed by atoms with van der Waals surface area (Å²) in [4.78, 5) is 10.5. The normalized spacial score (nSPS) is 12.6. The summed E-state index contributed by atoms with van der Waals surface area (Å²) in [6, 6.07) is 2.22. The van der Waals surface area contributed by atoms with Crippen LogP contribution >= 0.6 is 43.2 Å². The summed E-state index contributed by atoms with van der Waals surface area (Å²) in [5.41, 5.74) is 2.17. The average molecular weight is 433 g/mol. The van der Waals surface area contributed by atoms with Crippen molar-refractivity contribution in [3.8, 4) is 0 Å². The second-order valence-electron chi connectivity index (χ2n) is 4.98. The van der Waals surface area contributed by atoms with Crippen LogP contribution < -0.4 is 5.32 Å². The van der Waals surface area contributed by atoms with Crippen molar-refractivity contribution in [1.29, 1.82) is 0 Å². The molecule has 1 unspecified atom stereocenters. The highest BCUT2D eigenvalue weighted by Crippen LogP contribution is 2.28. The molecular weight excluding hydrogens is 414 g/mol. The quantitative estimate of drug-likeness (QED) is 0.700. The Kier molecular flexibility index (Phi) is 6.34. The fourth-order valence-electron chi connectivity index (χ4n) is 2.07. The molecule has 0 fully saturated rings. The van der Waals surface area contributed by atoms with E-state index in [4.69, 9.17) is 0 Å². The molecule has 0 radical (unpaired) electrons. The lowest BCUT2D eigenvalue weighted by Gasteiger charge is -2.18. The zero-order valence-electron chi connectivity index (χ0n) is 12.4. The van der Waals surface area contributed by atoms with E-state index in [1.807, 2.05) is 12.3 Å². The third-order valence-corrected chi connectivity index (χ3v) is 5.42. The van der Waals surface area contributed by atoms with Crippen molar-refractivity contribution >= 4 is 43.2 Å². The second-order valence-corrected chi connectivity index (χ2v) is 8.04. The minimum atomic E-state index is 0.178. The van der Waals surface area contributed by atoms with Gasteiger partial charge < -0.3 is 5.32 Å². The Labute approximate surface area is 146 Å². The topological polar surface area (TPSA) is 37.8 Å². The van der Waals surface area contributed by atoms with Crippen LogP contribution in [0, 0.1) is 13.8 Å². The van der Waals surface area contributed by atoms with Gasteiger partial charge in [0.25, 0.3) is 0 Å². The van der Waals surface area contributed by atoms with Gasteiger partial charge in [-0.25, -0.2) is 4.98 Å². The summed E-state index contributed by atoms with van der Waals surface area (Å²) in [5, 5.41) is 4.74. The maximum absolute atomic E-state index is 4.66. The molecule has 0 aliphatic rings. The molecule has 0 saturated carbocycles. The minimum Gasteiger partial charge on any atom is -0.308 e. The number of nitrogens with one attached hydrogen (secondary N) is 1. The molecule has 2 aromatic heterocycles. The molecule has 0 bridgehead atoms. The van der Waals surface area contributed by atoms with Crippen molar-refractivity contribution in [3.63, 3.8) is 0 Å². The third-order valence-electron chi connectivity index (χ3n) is 3.26. The number of thiazole rings is 1. The fraction of sp³-hybridized carbons (Fsp3) is 0.467. The van der Waals surface area contributed by atoms with Gasteiger partial charge in [-0.3, -0.25) is 4.98 Å². The Morgan fingerprint density at radius 1 is 1.33 bits per heavy atom. The highest BCUT2D eigenvalue weighted by molar-refractivity contribution is 9.11. The predicted molar refractivity (Wildman–Crippen MR) is 96.0 cm³/mol. The first-order chi connectivity index (χ1) is 10.0. The molecule has 3 nitrogen and oxygen atoms in total. The summed E-state index contributed by atoms with van der Waals surface area (Å²) in [7, 11) is 0. The van der Waals surface area contributed by atoms with Crippen LogP contribution in [0.3, 0.4) is 0 Å². The SMILES string of the molecule is CCCNC(Cc1nc(C)c(C)s1)c1ncc(Br)cc1Br. The van der Waals surface area contributed by atoms with Crippen LogP contribution in [0.4, 0.5) is 0 Å².